The minimum absolute atomic E-state index is 0.0888. The topological polar surface area (TPSA) is 138 Å². The fraction of sp³-hybridized carbons (Fsp3) is 0.316. The van der Waals surface area contributed by atoms with Gasteiger partial charge in [-0.3, -0.25) is 24.1 Å². The van der Waals surface area contributed by atoms with E-state index in [0.29, 0.717) is 6.07 Å². The molecule has 0 atom stereocenters. The molecule has 4 rings (SSSR count). The Bertz CT molecular complexity index is 1400. The molecule has 4 N–H and O–H groups in total. The standard InChI is InChI=1S/C19H20F2N6O4S/c1-3-32(30,31)26-13-7-11(21)10(20)6-12(13)22-14-8-15(24-18(28)9-4-5-9)23-17-16(14)19(29)27(2)25-17/h6-9,26H,3-5H2,1-2H3,(H3,22,23,24,25,28). The molecule has 1 fully saturated rings. The van der Waals surface area contributed by atoms with Gasteiger partial charge < -0.3 is 10.6 Å². The summed E-state index contributed by atoms with van der Waals surface area (Å²) in [6.45, 7) is 1.39. The second kappa shape index (κ2) is 7.89. The number of nitrogens with zero attached hydrogens (tertiary/aromatic N) is 2. The van der Waals surface area contributed by atoms with Crippen LogP contribution < -0.4 is 20.9 Å². The lowest BCUT2D eigenvalue weighted by molar-refractivity contribution is -0.117. The van der Waals surface area contributed by atoms with Gasteiger partial charge >= 0.3 is 0 Å². The van der Waals surface area contributed by atoms with Crippen LogP contribution in [0.4, 0.5) is 31.7 Å². The Balaban J connectivity index is 1.82. The van der Waals surface area contributed by atoms with Gasteiger partial charge in [0.15, 0.2) is 17.3 Å². The van der Waals surface area contributed by atoms with Crippen LogP contribution in [0, 0.1) is 17.6 Å². The number of sulfonamides is 1. The van der Waals surface area contributed by atoms with Crippen LogP contribution >= 0.6 is 0 Å². The predicted octanol–water partition coefficient (Wildman–Crippen LogP) is 2.39. The number of H-pyrrole nitrogens is 1. The maximum Gasteiger partial charge on any atom is 0.277 e. The maximum atomic E-state index is 14.0. The summed E-state index contributed by atoms with van der Waals surface area (Å²) in [5.41, 5.74) is -0.575. The van der Waals surface area contributed by atoms with Gasteiger partial charge in [0.25, 0.3) is 5.56 Å². The molecule has 1 aromatic carbocycles. The second-order valence-corrected chi connectivity index (χ2v) is 9.47. The molecule has 0 unspecified atom stereocenters. The lowest BCUT2D eigenvalue weighted by Gasteiger charge is -2.15. The first-order valence-electron chi connectivity index (χ1n) is 9.75. The smallest absolute Gasteiger partial charge is 0.277 e. The number of hydrogen-bond acceptors (Lipinski definition) is 6. The number of nitrogens with one attached hydrogen (secondary N) is 4. The molecule has 10 nitrogen and oxygen atoms in total. The van der Waals surface area contributed by atoms with E-state index in [9.17, 15) is 26.8 Å². The summed E-state index contributed by atoms with van der Waals surface area (Å²) >= 11 is 0. The maximum absolute atomic E-state index is 14.0. The summed E-state index contributed by atoms with van der Waals surface area (Å²) in [5, 5.41) is 8.29. The molecular weight excluding hydrogens is 446 g/mol. The molecule has 1 aliphatic carbocycles. The highest BCUT2D eigenvalue weighted by atomic mass is 32.2. The molecule has 3 aromatic rings. The SMILES string of the molecule is CCS(=O)(=O)Nc1cc(F)c(F)cc1Nc1cc(NC(=O)C2CC2)nc2[nH]n(C)c(=O)c12. The number of amides is 1. The zero-order valence-electron chi connectivity index (χ0n) is 17.1. The zero-order valence-corrected chi connectivity index (χ0v) is 17.9. The number of aromatic amines is 1. The molecule has 32 heavy (non-hydrogen) atoms. The largest absolute Gasteiger partial charge is 0.353 e. The van der Waals surface area contributed by atoms with Gasteiger partial charge in [-0.05, 0) is 19.8 Å². The number of carbonyl (C=O) groups is 1. The molecule has 1 saturated carbocycles. The lowest BCUT2D eigenvalue weighted by Crippen LogP contribution is -2.17. The average molecular weight is 466 g/mol. The normalized spacial score (nSPS) is 13.9. The quantitative estimate of drug-likeness (QED) is 0.422. The van der Waals surface area contributed by atoms with E-state index in [1.807, 2.05) is 0 Å². The van der Waals surface area contributed by atoms with Crippen LogP contribution in [0.2, 0.25) is 0 Å². The third-order valence-corrected chi connectivity index (χ3v) is 6.28. The molecule has 0 saturated heterocycles. The number of hydrogen-bond donors (Lipinski definition) is 4. The monoisotopic (exact) mass is 466 g/mol. The van der Waals surface area contributed by atoms with Crippen molar-refractivity contribution in [3.63, 3.8) is 0 Å². The van der Waals surface area contributed by atoms with Crippen LogP contribution in [-0.4, -0.2) is 34.8 Å². The molecule has 2 aromatic heterocycles. The molecule has 0 radical (unpaired) electrons. The Kier molecular flexibility index (Phi) is 5.36. The number of aryl methyl sites for hydroxylation is 1. The molecule has 1 aliphatic rings. The van der Waals surface area contributed by atoms with Gasteiger partial charge in [-0.25, -0.2) is 22.2 Å². The van der Waals surface area contributed by atoms with E-state index in [0.717, 1.165) is 18.9 Å². The minimum atomic E-state index is -3.81. The lowest BCUT2D eigenvalue weighted by atomic mass is 10.2. The van der Waals surface area contributed by atoms with Crippen LogP contribution in [0.25, 0.3) is 11.0 Å². The molecule has 0 spiro atoms. The Morgan fingerprint density at radius 3 is 2.47 bits per heavy atom. The number of rotatable bonds is 7. The fourth-order valence-electron chi connectivity index (χ4n) is 3.08. The van der Waals surface area contributed by atoms with Crippen molar-refractivity contribution in [1.29, 1.82) is 0 Å². The number of halogens is 2. The molecule has 0 aliphatic heterocycles. The van der Waals surface area contributed by atoms with E-state index in [4.69, 9.17) is 0 Å². The van der Waals surface area contributed by atoms with Crippen LogP contribution in [0.5, 0.6) is 0 Å². The van der Waals surface area contributed by atoms with Crippen molar-refractivity contribution >= 4 is 49.8 Å². The van der Waals surface area contributed by atoms with Crippen molar-refractivity contribution in [2.45, 2.75) is 19.8 Å². The van der Waals surface area contributed by atoms with Gasteiger partial charge in [0.1, 0.15) is 11.2 Å². The van der Waals surface area contributed by atoms with E-state index in [-0.39, 0.29) is 51.5 Å². The zero-order chi connectivity index (χ0) is 23.2. The van der Waals surface area contributed by atoms with Gasteiger partial charge in [-0.1, -0.05) is 0 Å². The number of carbonyl (C=O) groups excluding carboxylic acids is 1. The highest BCUT2D eigenvalue weighted by molar-refractivity contribution is 7.92. The number of fused-ring (bicyclic) bond motifs is 1. The first kappa shape index (κ1) is 21.7. The average Bonchev–Trinajstić information content (AvgIpc) is 3.52. The molecular formula is C19H20F2N6O4S. The summed E-state index contributed by atoms with van der Waals surface area (Å²) in [7, 11) is -2.34. The van der Waals surface area contributed by atoms with Crippen molar-refractivity contribution < 1.29 is 22.0 Å². The Morgan fingerprint density at radius 1 is 1.19 bits per heavy atom. The number of aromatic nitrogens is 3. The van der Waals surface area contributed by atoms with Crippen molar-refractivity contribution in [2.24, 2.45) is 13.0 Å². The van der Waals surface area contributed by atoms with Crippen molar-refractivity contribution in [2.75, 3.05) is 21.1 Å². The second-order valence-electron chi connectivity index (χ2n) is 7.46. The van der Waals surface area contributed by atoms with Crippen LogP contribution in [0.3, 0.4) is 0 Å². The molecule has 2 heterocycles. The summed E-state index contributed by atoms with van der Waals surface area (Å²) < 4.78 is 55.2. The summed E-state index contributed by atoms with van der Waals surface area (Å²) in [4.78, 5) is 29.0. The van der Waals surface area contributed by atoms with Crippen molar-refractivity contribution in [3.8, 4) is 0 Å². The molecule has 1 amide bonds. The third-order valence-electron chi connectivity index (χ3n) is 4.99. The van der Waals surface area contributed by atoms with E-state index in [2.05, 4.69) is 25.4 Å². The first-order valence-corrected chi connectivity index (χ1v) is 11.4. The van der Waals surface area contributed by atoms with E-state index < -0.39 is 27.2 Å². The first-order chi connectivity index (χ1) is 15.1. The minimum Gasteiger partial charge on any atom is -0.353 e. The number of anilines is 4. The van der Waals surface area contributed by atoms with Crippen LogP contribution in [0.15, 0.2) is 23.0 Å². The van der Waals surface area contributed by atoms with Crippen LogP contribution in [-0.2, 0) is 21.9 Å². The van der Waals surface area contributed by atoms with Gasteiger partial charge in [0, 0.05) is 31.2 Å². The molecule has 13 heteroatoms. The highest BCUT2D eigenvalue weighted by Gasteiger charge is 2.30. The summed E-state index contributed by atoms with van der Waals surface area (Å²) in [6.07, 6.45) is 1.55. The van der Waals surface area contributed by atoms with E-state index in [1.54, 1.807) is 0 Å². The van der Waals surface area contributed by atoms with Crippen molar-refractivity contribution in [1.82, 2.24) is 14.8 Å². The summed E-state index contributed by atoms with van der Waals surface area (Å²) in [5.74, 6) is -2.94. The fourth-order valence-corrected chi connectivity index (χ4v) is 3.72. The molecule has 170 valence electrons. The van der Waals surface area contributed by atoms with Gasteiger partial charge in [0.05, 0.1) is 22.8 Å². The number of pyridine rings is 1. The summed E-state index contributed by atoms with van der Waals surface area (Å²) in [6, 6.07) is 2.85. The predicted molar refractivity (Wildman–Crippen MR) is 115 cm³/mol. The number of benzene rings is 1. The third kappa shape index (κ3) is 4.28. The van der Waals surface area contributed by atoms with E-state index in [1.165, 1.54) is 24.7 Å². The van der Waals surface area contributed by atoms with Crippen molar-refractivity contribution in [3.05, 3.63) is 40.2 Å². The van der Waals surface area contributed by atoms with Gasteiger partial charge in [0.2, 0.25) is 15.9 Å². The van der Waals surface area contributed by atoms with Gasteiger partial charge in [-0.2, -0.15) is 0 Å². The molecule has 0 bridgehead atoms. The Labute approximate surface area is 181 Å². The van der Waals surface area contributed by atoms with E-state index >= 15 is 0 Å². The Hall–Kier alpha value is -3.48. The highest BCUT2D eigenvalue weighted by Crippen LogP contribution is 2.33. The van der Waals surface area contributed by atoms with Gasteiger partial charge in [-0.15, -0.1) is 0 Å². The Morgan fingerprint density at radius 2 is 1.84 bits per heavy atom. The van der Waals surface area contributed by atoms with Crippen LogP contribution in [0.1, 0.15) is 19.8 Å².